The molecule has 0 saturated heterocycles. The molecule has 0 amide bonds. The summed E-state index contributed by atoms with van der Waals surface area (Å²) in [6, 6.07) is 0. The quantitative estimate of drug-likeness (QED) is 0.500. The topological polar surface area (TPSA) is 98.0 Å². The molecule has 0 aromatic carbocycles. The molecule has 13 atom stereocenters. The second-order valence-electron chi connectivity index (χ2n) is 12.6. The average molecular weight is 451 g/mol. The average Bonchev–Trinajstić information content (AvgIpc) is 3.09. The van der Waals surface area contributed by atoms with Crippen LogP contribution >= 0.6 is 0 Å². The van der Waals surface area contributed by atoms with Crippen molar-refractivity contribution in [3.8, 4) is 0 Å². The third kappa shape index (κ3) is 3.48. The first kappa shape index (κ1) is 24.5. The van der Waals surface area contributed by atoms with Gasteiger partial charge in [0.2, 0.25) is 0 Å². The lowest BCUT2D eigenvalue weighted by Gasteiger charge is -2.65. The first-order valence-electron chi connectivity index (χ1n) is 13.2. The number of aliphatic hydroxyl groups is 3. The van der Waals surface area contributed by atoms with Crippen LogP contribution in [0.1, 0.15) is 86.0 Å². The van der Waals surface area contributed by atoms with Crippen molar-refractivity contribution in [1.29, 1.82) is 0 Å². The summed E-state index contributed by atoms with van der Waals surface area (Å²) in [6.45, 7) is 10.8. The van der Waals surface area contributed by atoms with Crippen LogP contribution in [0.25, 0.3) is 0 Å². The predicted molar refractivity (Wildman–Crippen MR) is 124 cm³/mol. The molecule has 0 spiro atoms. The van der Waals surface area contributed by atoms with Crippen LogP contribution in [-0.4, -0.2) is 44.7 Å². The van der Waals surface area contributed by atoms with E-state index in [1.165, 1.54) is 0 Å². The molecule has 4 aliphatic carbocycles. The van der Waals surface area contributed by atoms with E-state index in [0.717, 1.165) is 44.9 Å². The Kier molecular flexibility index (Phi) is 6.53. The molecule has 0 aliphatic heterocycles. The van der Waals surface area contributed by atoms with Gasteiger partial charge in [-0.3, -0.25) is 4.79 Å². The maximum atomic E-state index is 11.8. The van der Waals surface area contributed by atoms with Crippen LogP contribution in [0.3, 0.4) is 0 Å². The van der Waals surface area contributed by atoms with E-state index < -0.39 is 12.1 Å². The van der Waals surface area contributed by atoms with Gasteiger partial charge >= 0.3 is 5.97 Å². The van der Waals surface area contributed by atoms with Crippen LogP contribution in [-0.2, 0) is 4.79 Å². The summed E-state index contributed by atoms with van der Waals surface area (Å²) in [5.74, 6) is 0.687. The van der Waals surface area contributed by atoms with Gasteiger partial charge in [-0.15, -0.1) is 0 Å². The van der Waals surface area contributed by atoms with Crippen LogP contribution in [0.2, 0.25) is 0 Å². The number of aliphatic carboxylic acids is 1. The zero-order valence-corrected chi connectivity index (χ0v) is 20.7. The summed E-state index contributed by atoms with van der Waals surface area (Å²) in [5, 5.41) is 43.3. The molecular weight excluding hydrogens is 404 g/mol. The van der Waals surface area contributed by atoms with Crippen molar-refractivity contribution in [1.82, 2.24) is 0 Å². The Morgan fingerprint density at radius 1 is 1.00 bits per heavy atom. The highest BCUT2D eigenvalue weighted by Gasteiger charge is 2.67. The molecule has 4 aliphatic rings. The Balaban J connectivity index is 1.66. The summed E-state index contributed by atoms with van der Waals surface area (Å²) in [5.41, 5.74) is -0.205. The van der Waals surface area contributed by atoms with Crippen molar-refractivity contribution in [2.45, 2.75) is 104 Å². The van der Waals surface area contributed by atoms with Gasteiger partial charge in [0.05, 0.1) is 24.2 Å². The number of fused-ring (bicyclic) bond motifs is 5. The Morgan fingerprint density at radius 2 is 1.69 bits per heavy atom. The molecule has 0 heterocycles. The number of hydrogen-bond acceptors (Lipinski definition) is 4. The summed E-state index contributed by atoms with van der Waals surface area (Å²) in [6.07, 6.45) is 5.85. The molecule has 0 aromatic rings. The smallest absolute Gasteiger partial charge is 0.306 e. The van der Waals surface area contributed by atoms with Crippen LogP contribution in [0.4, 0.5) is 0 Å². The molecule has 0 radical (unpaired) electrons. The van der Waals surface area contributed by atoms with Crippen LogP contribution in [0.15, 0.2) is 0 Å². The van der Waals surface area contributed by atoms with Gasteiger partial charge in [0.25, 0.3) is 0 Å². The van der Waals surface area contributed by atoms with Gasteiger partial charge < -0.3 is 20.4 Å². The van der Waals surface area contributed by atoms with E-state index in [4.69, 9.17) is 0 Å². The van der Waals surface area contributed by atoms with Crippen LogP contribution in [0.5, 0.6) is 0 Å². The predicted octanol–water partition coefficient (Wildman–Crippen LogP) is 4.33. The van der Waals surface area contributed by atoms with Gasteiger partial charge in [-0.25, -0.2) is 0 Å². The minimum absolute atomic E-state index is 0.0631. The fourth-order valence-corrected chi connectivity index (χ4v) is 9.71. The van der Waals surface area contributed by atoms with Gasteiger partial charge in [0, 0.05) is 0 Å². The lowest BCUT2D eigenvalue weighted by Crippen LogP contribution is -2.65. The summed E-state index contributed by atoms with van der Waals surface area (Å²) < 4.78 is 0. The van der Waals surface area contributed by atoms with E-state index >= 15 is 0 Å². The van der Waals surface area contributed by atoms with Crippen molar-refractivity contribution < 1.29 is 25.2 Å². The number of aliphatic hydroxyl groups excluding tert-OH is 3. The van der Waals surface area contributed by atoms with E-state index in [0.29, 0.717) is 12.3 Å². The van der Waals surface area contributed by atoms with E-state index in [-0.39, 0.29) is 64.5 Å². The number of hydrogen-bond donors (Lipinski definition) is 4. The number of rotatable bonds is 5. The Labute approximate surface area is 194 Å². The minimum atomic E-state index is -0.743. The lowest BCUT2D eigenvalue weighted by molar-refractivity contribution is -0.228. The zero-order chi connectivity index (χ0) is 23.6. The fraction of sp³-hybridized carbons (Fsp3) is 0.963. The maximum Gasteiger partial charge on any atom is 0.306 e. The molecule has 5 nitrogen and oxygen atoms in total. The third-order valence-electron chi connectivity index (χ3n) is 11.4. The van der Waals surface area contributed by atoms with Crippen molar-refractivity contribution in [2.75, 3.05) is 0 Å². The Hall–Kier alpha value is -0.650. The highest BCUT2D eigenvalue weighted by molar-refractivity contribution is 5.69. The standard InChI is InChI=1S/C27H46O5/c1-6-17-20-12-16(28)9-10-26(20,4)21-13-22(29)27(5)18(14(2)11-15(3)25(31)32)7-8-19(27)23(21)24(17)30/h14-24,28-30H,6-13H2,1-5H3,(H,31,32)/t14-,15+,16-,17-,18?,19?,20+,21?,22+,23?,24?,26+,27-/m1/s1. The second kappa shape index (κ2) is 8.53. The lowest BCUT2D eigenvalue weighted by atomic mass is 9.41. The molecular formula is C27H46O5. The SMILES string of the molecule is CC[C@H]1C(O)C2C3CCC([C@H](C)C[C@H](C)C(=O)O)[C@@]3(C)[C@@H](O)CC2[C@@]2(C)CC[C@@H](O)C[C@@H]12. The van der Waals surface area contributed by atoms with Crippen molar-refractivity contribution in [3.63, 3.8) is 0 Å². The molecule has 4 saturated carbocycles. The second-order valence-corrected chi connectivity index (χ2v) is 12.6. The fourth-order valence-electron chi connectivity index (χ4n) is 9.71. The molecule has 0 bridgehead atoms. The number of carbonyl (C=O) groups is 1. The van der Waals surface area contributed by atoms with Crippen molar-refractivity contribution >= 4 is 5.97 Å². The Bertz CT molecular complexity index is 710. The zero-order valence-electron chi connectivity index (χ0n) is 20.7. The molecule has 32 heavy (non-hydrogen) atoms. The molecule has 5 heteroatoms. The van der Waals surface area contributed by atoms with Gasteiger partial charge in [-0.1, -0.05) is 41.0 Å². The van der Waals surface area contributed by atoms with Gasteiger partial charge in [-0.05, 0) is 97.2 Å². The van der Waals surface area contributed by atoms with Crippen molar-refractivity contribution in [3.05, 3.63) is 0 Å². The number of carboxylic acids is 1. The minimum Gasteiger partial charge on any atom is -0.481 e. The first-order valence-corrected chi connectivity index (χ1v) is 13.2. The largest absolute Gasteiger partial charge is 0.481 e. The van der Waals surface area contributed by atoms with E-state index in [2.05, 4.69) is 27.7 Å². The van der Waals surface area contributed by atoms with Crippen LogP contribution < -0.4 is 0 Å². The number of carboxylic acid groups (broad SMARTS) is 1. The highest BCUT2D eigenvalue weighted by Crippen LogP contribution is 2.69. The molecule has 4 fully saturated rings. The van der Waals surface area contributed by atoms with E-state index in [9.17, 15) is 25.2 Å². The monoisotopic (exact) mass is 450 g/mol. The Morgan fingerprint density at radius 3 is 2.31 bits per heavy atom. The first-order chi connectivity index (χ1) is 15.0. The van der Waals surface area contributed by atoms with Gasteiger partial charge in [-0.2, -0.15) is 0 Å². The molecule has 4 N–H and O–H groups in total. The highest BCUT2D eigenvalue weighted by atomic mass is 16.4. The normalized spacial score (nSPS) is 52.4. The molecule has 4 rings (SSSR count). The molecule has 184 valence electrons. The summed E-state index contributed by atoms with van der Waals surface area (Å²) >= 11 is 0. The molecule has 0 aromatic heterocycles. The molecule has 5 unspecified atom stereocenters. The maximum absolute atomic E-state index is 11.8. The van der Waals surface area contributed by atoms with E-state index in [1.807, 2.05) is 0 Å². The summed E-state index contributed by atoms with van der Waals surface area (Å²) in [4.78, 5) is 11.5. The van der Waals surface area contributed by atoms with Gasteiger partial charge in [0.1, 0.15) is 0 Å². The van der Waals surface area contributed by atoms with E-state index in [1.54, 1.807) is 6.92 Å². The van der Waals surface area contributed by atoms with Crippen molar-refractivity contribution in [2.24, 2.45) is 58.2 Å². The summed E-state index contributed by atoms with van der Waals surface area (Å²) in [7, 11) is 0. The third-order valence-corrected chi connectivity index (χ3v) is 11.4. The van der Waals surface area contributed by atoms with Gasteiger partial charge in [0.15, 0.2) is 0 Å². The van der Waals surface area contributed by atoms with Crippen LogP contribution in [0, 0.1) is 58.2 Å².